The summed E-state index contributed by atoms with van der Waals surface area (Å²) in [6.07, 6.45) is 1.74. The van der Waals surface area contributed by atoms with Crippen molar-refractivity contribution in [2.75, 3.05) is 11.1 Å². The lowest BCUT2D eigenvalue weighted by Gasteiger charge is -2.08. The molecule has 0 spiro atoms. The van der Waals surface area contributed by atoms with Crippen LogP contribution >= 0.6 is 0 Å². The summed E-state index contributed by atoms with van der Waals surface area (Å²) in [5.41, 5.74) is 9.36. The number of nitrogens with one attached hydrogen (secondary N) is 2. The normalized spacial score (nSPS) is 10.7. The first-order valence-corrected chi connectivity index (χ1v) is 6.24. The summed E-state index contributed by atoms with van der Waals surface area (Å²) in [7, 11) is 0. The first-order chi connectivity index (χ1) is 9.63. The maximum atomic E-state index is 12.2. The maximum Gasteiger partial charge on any atom is 0.257 e. The van der Waals surface area contributed by atoms with Gasteiger partial charge in [-0.15, -0.1) is 0 Å². The van der Waals surface area contributed by atoms with Crippen LogP contribution in [0.5, 0.6) is 0 Å². The van der Waals surface area contributed by atoms with Crippen LogP contribution in [-0.2, 0) is 0 Å². The van der Waals surface area contributed by atoms with Crippen LogP contribution in [0.2, 0.25) is 0 Å². The highest BCUT2D eigenvalue weighted by Crippen LogP contribution is 2.19. The molecule has 0 unspecified atom stereocenters. The van der Waals surface area contributed by atoms with E-state index in [9.17, 15) is 4.79 Å². The third-order valence-electron chi connectivity index (χ3n) is 3.15. The van der Waals surface area contributed by atoms with Gasteiger partial charge in [0, 0.05) is 16.8 Å². The number of benzene rings is 2. The fourth-order valence-corrected chi connectivity index (χ4v) is 2.08. The lowest BCUT2D eigenvalue weighted by Crippen LogP contribution is -2.14. The summed E-state index contributed by atoms with van der Waals surface area (Å²) in [6, 6.07) is 11.0. The van der Waals surface area contributed by atoms with Crippen molar-refractivity contribution in [3.63, 3.8) is 0 Å². The smallest absolute Gasteiger partial charge is 0.257 e. The fraction of sp³-hybridized carbons (Fsp3) is 0.0667. The van der Waals surface area contributed by atoms with E-state index < -0.39 is 0 Å². The molecule has 5 heteroatoms. The Bertz CT molecular complexity index is 791. The van der Waals surface area contributed by atoms with Gasteiger partial charge in [0.15, 0.2) is 0 Å². The number of carbonyl (C=O) groups is 1. The molecule has 3 aromatic rings. The third kappa shape index (κ3) is 2.21. The van der Waals surface area contributed by atoms with Crippen LogP contribution in [0.1, 0.15) is 15.9 Å². The monoisotopic (exact) mass is 266 g/mol. The number of amides is 1. The van der Waals surface area contributed by atoms with E-state index in [1.54, 1.807) is 18.3 Å². The minimum atomic E-state index is -0.218. The lowest BCUT2D eigenvalue weighted by molar-refractivity contribution is 0.102. The molecule has 0 bridgehead atoms. The van der Waals surface area contributed by atoms with E-state index in [-0.39, 0.29) is 5.91 Å². The van der Waals surface area contributed by atoms with Crippen molar-refractivity contribution in [1.29, 1.82) is 0 Å². The molecule has 3 rings (SSSR count). The standard InChI is InChI=1S/C15H14N4O/c1-9-2-5-13(16)12(6-9)15(20)18-11-4-3-10-8-17-19-14(10)7-11/h2-8H,16H2,1H3,(H,17,19)(H,18,20). The number of carbonyl (C=O) groups excluding carboxylic acids is 1. The molecule has 0 radical (unpaired) electrons. The molecule has 4 N–H and O–H groups in total. The van der Waals surface area contributed by atoms with Crippen molar-refractivity contribution >= 4 is 28.2 Å². The van der Waals surface area contributed by atoms with Crippen LogP contribution in [0.15, 0.2) is 42.6 Å². The first kappa shape index (κ1) is 12.2. The Morgan fingerprint density at radius 3 is 2.95 bits per heavy atom. The molecule has 0 saturated carbocycles. The number of anilines is 2. The SMILES string of the molecule is Cc1ccc(N)c(C(=O)Nc2ccc3cn[nH]c3c2)c1. The van der Waals surface area contributed by atoms with Crippen LogP contribution in [-0.4, -0.2) is 16.1 Å². The van der Waals surface area contributed by atoms with Gasteiger partial charge < -0.3 is 11.1 Å². The number of rotatable bonds is 2. The molecule has 0 saturated heterocycles. The summed E-state index contributed by atoms with van der Waals surface area (Å²) in [4.78, 5) is 12.2. The fourth-order valence-electron chi connectivity index (χ4n) is 2.08. The van der Waals surface area contributed by atoms with Gasteiger partial charge in [0.05, 0.1) is 17.3 Å². The minimum Gasteiger partial charge on any atom is -0.398 e. The van der Waals surface area contributed by atoms with Crippen LogP contribution in [0.4, 0.5) is 11.4 Å². The number of hydrogen-bond donors (Lipinski definition) is 3. The van der Waals surface area contributed by atoms with Gasteiger partial charge in [-0.2, -0.15) is 5.10 Å². The molecule has 2 aromatic carbocycles. The Morgan fingerprint density at radius 2 is 2.10 bits per heavy atom. The molecule has 20 heavy (non-hydrogen) atoms. The second-order valence-electron chi connectivity index (χ2n) is 4.72. The number of aryl methyl sites for hydroxylation is 1. The van der Waals surface area contributed by atoms with Crippen LogP contribution in [0.3, 0.4) is 0 Å². The van der Waals surface area contributed by atoms with Crippen molar-refractivity contribution in [2.24, 2.45) is 0 Å². The van der Waals surface area contributed by atoms with Gasteiger partial charge in [-0.1, -0.05) is 11.6 Å². The summed E-state index contributed by atoms with van der Waals surface area (Å²) in [5.74, 6) is -0.218. The highest BCUT2D eigenvalue weighted by Gasteiger charge is 2.10. The number of nitrogens with zero attached hydrogens (tertiary/aromatic N) is 1. The van der Waals surface area contributed by atoms with Gasteiger partial charge in [-0.05, 0) is 37.3 Å². The zero-order valence-corrected chi connectivity index (χ0v) is 11.0. The van der Waals surface area contributed by atoms with E-state index in [1.165, 1.54) is 0 Å². The molecule has 0 aliphatic carbocycles. The Morgan fingerprint density at radius 1 is 1.25 bits per heavy atom. The Hall–Kier alpha value is -2.82. The van der Waals surface area contributed by atoms with Gasteiger partial charge in [0.1, 0.15) is 0 Å². The lowest BCUT2D eigenvalue weighted by atomic mass is 10.1. The molecule has 1 heterocycles. The van der Waals surface area contributed by atoms with E-state index in [2.05, 4.69) is 15.5 Å². The van der Waals surface area contributed by atoms with E-state index in [1.807, 2.05) is 31.2 Å². The van der Waals surface area contributed by atoms with Crippen molar-refractivity contribution in [1.82, 2.24) is 10.2 Å². The first-order valence-electron chi connectivity index (χ1n) is 6.24. The number of aromatic nitrogens is 2. The van der Waals surface area contributed by atoms with Crippen LogP contribution < -0.4 is 11.1 Å². The maximum absolute atomic E-state index is 12.2. The molecule has 0 aliphatic heterocycles. The number of nitrogens with two attached hydrogens (primary N) is 1. The highest BCUT2D eigenvalue weighted by atomic mass is 16.1. The predicted octanol–water partition coefficient (Wildman–Crippen LogP) is 2.71. The molecule has 1 aromatic heterocycles. The third-order valence-corrected chi connectivity index (χ3v) is 3.15. The van der Waals surface area contributed by atoms with Crippen LogP contribution in [0, 0.1) is 6.92 Å². The number of H-pyrrole nitrogens is 1. The largest absolute Gasteiger partial charge is 0.398 e. The van der Waals surface area contributed by atoms with Crippen LogP contribution in [0.25, 0.3) is 10.9 Å². The number of fused-ring (bicyclic) bond motifs is 1. The van der Waals surface area contributed by atoms with Crippen molar-refractivity contribution in [3.05, 3.63) is 53.7 Å². The van der Waals surface area contributed by atoms with Gasteiger partial charge in [0.2, 0.25) is 0 Å². The van der Waals surface area contributed by atoms with E-state index >= 15 is 0 Å². The summed E-state index contributed by atoms with van der Waals surface area (Å²) in [5, 5.41) is 10.7. The van der Waals surface area contributed by atoms with Crippen molar-refractivity contribution < 1.29 is 4.79 Å². The predicted molar refractivity (Wildman–Crippen MR) is 79.6 cm³/mol. The number of hydrogen-bond acceptors (Lipinski definition) is 3. The van der Waals surface area contributed by atoms with Gasteiger partial charge >= 0.3 is 0 Å². The molecule has 0 fully saturated rings. The molecule has 100 valence electrons. The van der Waals surface area contributed by atoms with E-state index in [4.69, 9.17) is 5.73 Å². The molecule has 5 nitrogen and oxygen atoms in total. The second-order valence-corrected chi connectivity index (χ2v) is 4.72. The van der Waals surface area contributed by atoms with Crippen molar-refractivity contribution in [2.45, 2.75) is 6.92 Å². The second kappa shape index (κ2) is 4.70. The number of aromatic amines is 1. The Balaban J connectivity index is 1.89. The van der Waals surface area contributed by atoms with Gasteiger partial charge in [-0.25, -0.2) is 0 Å². The Kier molecular flexibility index (Phi) is 2.87. The zero-order chi connectivity index (χ0) is 14.1. The number of nitrogen functional groups attached to an aromatic ring is 1. The zero-order valence-electron chi connectivity index (χ0n) is 11.0. The molecule has 0 aliphatic rings. The summed E-state index contributed by atoms with van der Waals surface area (Å²) >= 11 is 0. The summed E-state index contributed by atoms with van der Waals surface area (Å²) in [6.45, 7) is 1.92. The topological polar surface area (TPSA) is 83.8 Å². The average molecular weight is 266 g/mol. The van der Waals surface area contributed by atoms with E-state index in [0.29, 0.717) is 16.9 Å². The van der Waals surface area contributed by atoms with E-state index in [0.717, 1.165) is 16.5 Å². The molecular weight excluding hydrogens is 252 g/mol. The van der Waals surface area contributed by atoms with Crippen molar-refractivity contribution in [3.8, 4) is 0 Å². The Labute approximate surface area is 115 Å². The molecular formula is C15H14N4O. The minimum absolute atomic E-state index is 0.218. The highest BCUT2D eigenvalue weighted by molar-refractivity contribution is 6.08. The van der Waals surface area contributed by atoms with Gasteiger partial charge in [0.25, 0.3) is 5.91 Å². The quantitative estimate of drug-likeness (QED) is 0.623. The molecule has 1 amide bonds. The van der Waals surface area contributed by atoms with Gasteiger partial charge in [-0.3, -0.25) is 9.89 Å². The summed E-state index contributed by atoms with van der Waals surface area (Å²) < 4.78 is 0. The molecule has 0 atom stereocenters. The average Bonchev–Trinajstić information content (AvgIpc) is 2.89.